The highest BCUT2D eigenvalue weighted by atomic mass is 19.3. The van der Waals surface area contributed by atoms with Crippen LogP contribution in [0.2, 0.25) is 0 Å². The van der Waals surface area contributed by atoms with E-state index in [1.54, 1.807) is 54.7 Å². The molecule has 1 aliphatic rings. The molecule has 32 heavy (non-hydrogen) atoms. The molecule has 0 aliphatic carbocycles. The van der Waals surface area contributed by atoms with Crippen LogP contribution in [-0.4, -0.2) is 33.9 Å². The summed E-state index contributed by atoms with van der Waals surface area (Å²) in [4.78, 5) is 26.7. The number of amides is 1. The van der Waals surface area contributed by atoms with Gasteiger partial charge in [-0.05, 0) is 55.3 Å². The number of anilines is 2. The lowest BCUT2D eigenvalue weighted by Crippen LogP contribution is -2.17. The maximum Gasteiger partial charge on any atom is 0.264 e. The van der Waals surface area contributed by atoms with Crippen molar-refractivity contribution in [2.75, 3.05) is 23.3 Å². The van der Waals surface area contributed by atoms with Crippen molar-refractivity contribution in [3.63, 3.8) is 0 Å². The van der Waals surface area contributed by atoms with E-state index in [4.69, 9.17) is 0 Å². The number of nitrogens with one attached hydrogen (secondary N) is 2. The van der Waals surface area contributed by atoms with Crippen LogP contribution in [0.4, 0.5) is 20.3 Å². The number of halogens is 2. The highest BCUT2D eigenvalue weighted by Gasteiger charge is 2.22. The number of fused-ring (bicyclic) bond motifs is 1. The van der Waals surface area contributed by atoms with Crippen molar-refractivity contribution < 1.29 is 13.6 Å². The van der Waals surface area contributed by atoms with Crippen molar-refractivity contribution in [1.29, 1.82) is 0 Å². The van der Waals surface area contributed by atoms with Gasteiger partial charge < -0.3 is 15.2 Å². The summed E-state index contributed by atoms with van der Waals surface area (Å²) < 4.78 is 27.9. The summed E-state index contributed by atoms with van der Waals surface area (Å²) in [7, 11) is 0. The van der Waals surface area contributed by atoms with Gasteiger partial charge in [-0.3, -0.25) is 4.79 Å². The molecule has 1 fully saturated rings. The van der Waals surface area contributed by atoms with Gasteiger partial charge in [0.25, 0.3) is 12.3 Å². The Hall–Kier alpha value is -3.81. The molecule has 2 N–H and O–H groups in total. The highest BCUT2D eigenvalue weighted by Crippen LogP contribution is 2.35. The molecule has 1 amide bonds. The zero-order valence-electron chi connectivity index (χ0n) is 17.2. The predicted molar refractivity (Wildman–Crippen MR) is 120 cm³/mol. The van der Waals surface area contributed by atoms with E-state index in [1.165, 1.54) is 0 Å². The van der Waals surface area contributed by atoms with Gasteiger partial charge in [0.05, 0.1) is 11.1 Å². The van der Waals surface area contributed by atoms with E-state index in [-0.39, 0.29) is 11.5 Å². The van der Waals surface area contributed by atoms with Crippen LogP contribution in [0, 0.1) is 0 Å². The molecule has 8 heteroatoms. The lowest BCUT2D eigenvalue weighted by atomic mass is 10.1. The number of carbonyl (C=O) groups excluding carboxylic acids is 1. The molecule has 0 saturated carbocycles. The largest absolute Gasteiger partial charge is 0.372 e. The molecule has 6 nitrogen and oxygen atoms in total. The maximum absolute atomic E-state index is 14.0. The van der Waals surface area contributed by atoms with Gasteiger partial charge in [0.2, 0.25) is 0 Å². The van der Waals surface area contributed by atoms with Crippen LogP contribution < -0.4 is 10.2 Å². The van der Waals surface area contributed by atoms with Gasteiger partial charge in [0.1, 0.15) is 17.2 Å². The van der Waals surface area contributed by atoms with Gasteiger partial charge in [0.15, 0.2) is 0 Å². The third-order valence-corrected chi connectivity index (χ3v) is 5.66. The first-order valence-electron chi connectivity index (χ1n) is 10.5. The average molecular weight is 433 g/mol. The van der Waals surface area contributed by atoms with E-state index >= 15 is 0 Å². The second-order valence-corrected chi connectivity index (χ2v) is 7.72. The summed E-state index contributed by atoms with van der Waals surface area (Å²) in [5.74, 6) is 0.356. The Morgan fingerprint density at radius 3 is 2.66 bits per heavy atom. The van der Waals surface area contributed by atoms with Gasteiger partial charge in [-0.2, -0.15) is 0 Å². The van der Waals surface area contributed by atoms with Crippen molar-refractivity contribution >= 4 is 28.4 Å². The standard InChI is InChI=1S/C24H21F2N5O/c25-22(26)18-14-15(31-12-3-4-13-31)9-10-16(18)23-28-19-7-5-6-17(21(19)30-23)24(32)29-20-8-1-2-11-27-20/h1-2,5-11,14,22H,3-4,12-13H2,(H,28,30)(H,27,29,32). The van der Waals surface area contributed by atoms with Gasteiger partial charge in [-0.25, -0.2) is 18.7 Å². The van der Waals surface area contributed by atoms with Crippen LogP contribution in [0.1, 0.15) is 35.2 Å². The quantitative estimate of drug-likeness (QED) is 0.441. The summed E-state index contributed by atoms with van der Waals surface area (Å²) in [5.41, 5.74) is 2.40. The van der Waals surface area contributed by atoms with Crippen LogP contribution in [0.5, 0.6) is 0 Å². The van der Waals surface area contributed by atoms with Crippen LogP contribution in [0.15, 0.2) is 60.8 Å². The molecule has 2 aromatic carbocycles. The molecular weight excluding hydrogens is 412 g/mol. The Balaban J connectivity index is 1.53. The second kappa shape index (κ2) is 8.37. The number of H-pyrrole nitrogens is 1. The number of hydrogen-bond donors (Lipinski definition) is 2. The monoisotopic (exact) mass is 433 g/mol. The molecule has 0 unspecified atom stereocenters. The third kappa shape index (κ3) is 3.79. The van der Waals surface area contributed by atoms with Crippen molar-refractivity contribution in [2.24, 2.45) is 0 Å². The number of para-hydroxylation sites is 1. The first-order chi connectivity index (χ1) is 15.6. The van der Waals surface area contributed by atoms with E-state index in [9.17, 15) is 13.6 Å². The number of benzene rings is 2. The second-order valence-electron chi connectivity index (χ2n) is 7.72. The SMILES string of the molecule is O=C(Nc1ccccn1)c1cccc2[nH]c(-c3ccc(N4CCCC4)cc3C(F)F)nc12. The summed E-state index contributed by atoms with van der Waals surface area (Å²) in [6.07, 6.45) is 1.07. The molecule has 0 bridgehead atoms. The minimum atomic E-state index is -2.65. The molecular formula is C24H21F2N5O. The molecule has 0 spiro atoms. The molecule has 162 valence electrons. The van der Waals surface area contributed by atoms with Crippen molar-refractivity contribution in [3.05, 3.63) is 71.9 Å². The first kappa shape index (κ1) is 20.1. The number of hydrogen-bond acceptors (Lipinski definition) is 4. The van der Waals surface area contributed by atoms with Gasteiger partial charge >= 0.3 is 0 Å². The number of aromatic amines is 1. The fourth-order valence-corrected chi connectivity index (χ4v) is 4.08. The zero-order chi connectivity index (χ0) is 22.1. The summed E-state index contributed by atoms with van der Waals surface area (Å²) in [6.45, 7) is 1.75. The molecule has 0 radical (unpaired) electrons. The number of imidazole rings is 1. The molecule has 0 atom stereocenters. The molecule has 4 aromatic rings. The van der Waals surface area contributed by atoms with Crippen molar-refractivity contribution in [3.8, 4) is 11.4 Å². The van der Waals surface area contributed by atoms with Crippen LogP contribution in [-0.2, 0) is 0 Å². The lowest BCUT2D eigenvalue weighted by molar-refractivity contribution is 0.102. The Morgan fingerprint density at radius 1 is 1.06 bits per heavy atom. The zero-order valence-corrected chi connectivity index (χ0v) is 17.2. The highest BCUT2D eigenvalue weighted by molar-refractivity contribution is 6.11. The third-order valence-electron chi connectivity index (χ3n) is 5.66. The van der Waals surface area contributed by atoms with Gasteiger partial charge in [0, 0.05) is 36.1 Å². The van der Waals surface area contributed by atoms with Crippen LogP contribution >= 0.6 is 0 Å². The fraction of sp³-hybridized carbons (Fsp3) is 0.208. The molecule has 5 rings (SSSR count). The van der Waals surface area contributed by atoms with E-state index in [1.807, 2.05) is 6.07 Å². The van der Waals surface area contributed by atoms with E-state index < -0.39 is 6.43 Å². The van der Waals surface area contributed by atoms with Crippen molar-refractivity contribution in [2.45, 2.75) is 19.3 Å². The van der Waals surface area contributed by atoms with Gasteiger partial charge in [-0.1, -0.05) is 12.1 Å². The van der Waals surface area contributed by atoms with Crippen LogP contribution in [0.3, 0.4) is 0 Å². The first-order valence-corrected chi connectivity index (χ1v) is 10.5. The number of nitrogens with zero attached hydrogens (tertiary/aromatic N) is 3. The number of carbonyl (C=O) groups is 1. The molecule has 2 aromatic heterocycles. The van der Waals surface area contributed by atoms with E-state index in [0.29, 0.717) is 33.8 Å². The van der Waals surface area contributed by atoms with Gasteiger partial charge in [-0.15, -0.1) is 0 Å². The minimum Gasteiger partial charge on any atom is -0.372 e. The van der Waals surface area contributed by atoms with Crippen molar-refractivity contribution in [1.82, 2.24) is 15.0 Å². The normalized spacial score (nSPS) is 13.8. The van der Waals surface area contributed by atoms with Crippen LogP contribution in [0.25, 0.3) is 22.4 Å². The Labute approximate surface area is 183 Å². The number of pyridine rings is 1. The number of aromatic nitrogens is 3. The Bertz CT molecular complexity index is 1270. The average Bonchev–Trinajstić information content (AvgIpc) is 3.49. The smallest absolute Gasteiger partial charge is 0.264 e. The Kier molecular flexibility index (Phi) is 5.26. The Morgan fingerprint density at radius 2 is 1.91 bits per heavy atom. The fourth-order valence-electron chi connectivity index (χ4n) is 4.08. The molecule has 1 aliphatic heterocycles. The van der Waals surface area contributed by atoms with E-state index in [0.717, 1.165) is 31.6 Å². The maximum atomic E-state index is 14.0. The molecule has 1 saturated heterocycles. The summed E-state index contributed by atoms with van der Waals surface area (Å²) in [5, 5.41) is 2.74. The topological polar surface area (TPSA) is 73.9 Å². The predicted octanol–water partition coefficient (Wildman–Crippen LogP) is 5.42. The number of rotatable bonds is 5. The summed E-state index contributed by atoms with van der Waals surface area (Å²) >= 11 is 0. The number of alkyl halides is 2. The summed E-state index contributed by atoms with van der Waals surface area (Å²) in [6, 6.07) is 15.4. The lowest BCUT2D eigenvalue weighted by Gasteiger charge is -2.19. The van der Waals surface area contributed by atoms with E-state index in [2.05, 4.69) is 25.2 Å². The minimum absolute atomic E-state index is 0.0760. The molecule has 3 heterocycles.